The molecule has 1 nitrogen and oxygen atoms in total. The van der Waals surface area contributed by atoms with Crippen LogP contribution in [0.25, 0.3) is 0 Å². The second-order valence-electron chi connectivity index (χ2n) is 7.14. The number of carbonyl (C=O) groups excluding carboxylic acids is 1. The van der Waals surface area contributed by atoms with Crippen molar-refractivity contribution < 1.29 is 4.79 Å². The van der Waals surface area contributed by atoms with Crippen molar-refractivity contribution in [3.05, 3.63) is 22.2 Å². The maximum Gasteiger partial charge on any atom is 0.155 e. The maximum absolute atomic E-state index is 11.7. The Labute approximate surface area is 138 Å². The fraction of sp³-hybridized carbons (Fsp3) is 0.737. The van der Waals surface area contributed by atoms with E-state index < -0.39 is 0 Å². The predicted octanol–water partition coefficient (Wildman–Crippen LogP) is 6.19. The van der Waals surface area contributed by atoms with E-state index in [1.54, 1.807) is 12.5 Å². The van der Waals surface area contributed by atoms with Crippen LogP contribution in [0.3, 0.4) is 0 Å². The van der Waals surface area contributed by atoms with Crippen LogP contribution in [0, 0.1) is 17.3 Å². The molecule has 0 bridgehead atoms. The number of fused-ring (bicyclic) bond motifs is 1. The Morgan fingerprint density at radius 3 is 2.81 bits per heavy atom. The van der Waals surface area contributed by atoms with Gasteiger partial charge in [-0.2, -0.15) is 0 Å². The summed E-state index contributed by atoms with van der Waals surface area (Å²) >= 11 is 3.57. The van der Waals surface area contributed by atoms with Crippen LogP contribution >= 0.6 is 15.9 Å². The zero-order valence-electron chi connectivity index (χ0n) is 13.8. The molecule has 3 unspecified atom stereocenters. The summed E-state index contributed by atoms with van der Waals surface area (Å²) < 4.78 is 0. The first-order valence-electron chi connectivity index (χ1n) is 8.52. The van der Waals surface area contributed by atoms with Crippen molar-refractivity contribution in [2.45, 2.75) is 72.1 Å². The summed E-state index contributed by atoms with van der Waals surface area (Å²) in [6.45, 7) is 6.36. The molecule has 2 heteroatoms. The molecule has 2 rings (SSSR count). The average Bonchev–Trinajstić information content (AvgIpc) is 2.79. The van der Waals surface area contributed by atoms with Gasteiger partial charge in [-0.05, 0) is 79.7 Å². The number of rotatable bonds is 5. The second-order valence-corrected chi connectivity index (χ2v) is 7.60. The third-order valence-corrected chi connectivity index (χ3v) is 6.51. The maximum atomic E-state index is 11.7. The highest BCUT2D eigenvalue weighted by Crippen LogP contribution is 2.58. The van der Waals surface area contributed by atoms with Gasteiger partial charge in [-0.15, -0.1) is 0 Å². The lowest BCUT2D eigenvalue weighted by molar-refractivity contribution is -0.113. The highest BCUT2D eigenvalue weighted by molar-refractivity contribution is 9.11. The van der Waals surface area contributed by atoms with Gasteiger partial charge in [0.1, 0.15) is 0 Å². The molecule has 0 aliphatic heterocycles. The molecular weight excluding hydrogens is 324 g/mol. The number of hydrogen-bond donors (Lipinski definition) is 0. The summed E-state index contributed by atoms with van der Waals surface area (Å²) in [5, 5.41) is 0. The average molecular weight is 353 g/mol. The fourth-order valence-corrected chi connectivity index (χ4v) is 5.19. The van der Waals surface area contributed by atoms with E-state index in [1.807, 2.05) is 0 Å². The summed E-state index contributed by atoms with van der Waals surface area (Å²) in [7, 11) is 0. The van der Waals surface area contributed by atoms with Gasteiger partial charge in [-0.3, -0.25) is 4.79 Å². The molecule has 2 saturated carbocycles. The zero-order chi connectivity index (χ0) is 15.5. The lowest BCUT2D eigenvalue weighted by Gasteiger charge is -2.42. The highest BCUT2D eigenvalue weighted by atomic mass is 79.9. The molecule has 0 radical (unpaired) electrons. The third kappa shape index (κ3) is 3.52. The van der Waals surface area contributed by atoms with Gasteiger partial charge in [-0.25, -0.2) is 0 Å². The summed E-state index contributed by atoms with van der Waals surface area (Å²) in [6.07, 6.45) is 11.9. The first-order chi connectivity index (χ1) is 10.0. The van der Waals surface area contributed by atoms with Crippen LogP contribution in [-0.2, 0) is 4.79 Å². The van der Waals surface area contributed by atoms with Gasteiger partial charge in [0, 0.05) is 0 Å². The Bertz CT molecular complexity index is 448. The minimum absolute atomic E-state index is 0.265. The van der Waals surface area contributed by atoms with Gasteiger partial charge in [-0.1, -0.05) is 47.8 Å². The van der Waals surface area contributed by atoms with Crippen molar-refractivity contribution in [3.8, 4) is 0 Å². The van der Waals surface area contributed by atoms with Gasteiger partial charge in [0.15, 0.2) is 5.78 Å². The molecular formula is C19H29BrO. The van der Waals surface area contributed by atoms with Crippen molar-refractivity contribution >= 4 is 21.7 Å². The lowest BCUT2D eigenvalue weighted by Crippen LogP contribution is -2.33. The molecule has 0 spiro atoms. The predicted molar refractivity (Wildman–Crippen MR) is 93.5 cm³/mol. The largest absolute Gasteiger partial charge is 0.295 e. The Kier molecular flexibility index (Phi) is 5.88. The molecule has 0 aromatic heterocycles. The molecule has 0 amide bonds. The Morgan fingerprint density at radius 2 is 2.19 bits per heavy atom. The van der Waals surface area contributed by atoms with E-state index in [9.17, 15) is 4.79 Å². The highest BCUT2D eigenvalue weighted by Gasteiger charge is 2.48. The van der Waals surface area contributed by atoms with E-state index in [4.69, 9.17) is 0 Å². The molecule has 2 aliphatic rings. The van der Waals surface area contributed by atoms with Gasteiger partial charge >= 0.3 is 0 Å². The lowest BCUT2D eigenvalue weighted by atomic mass is 9.63. The van der Waals surface area contributed by atoms with Crippen LogP contribution in [0.1, 0.15) is 72.1 Å². The summed E-state index contributed by atoms with van der Waals surface area (Å²) in [4.78, 5) is 13.9. The van der Waals surface area contributed by atoms with Crippen LogP contribution < -0.4 is 0 Å². The minimum atomic E-state index is 0.265. The Morgan fingerprint density at radius 1 is 1.43 bits per heavy atom. The van der Waals surface area contributed by atoms with Gasteiger partial charge in [0.25, 0.3) is 0 Å². The molecule has 2 fully saturated rings. The van der Waals surface area contributed by atoms with E-state index in [0.29, 0.717) is 5.41 Å². The van der Waals surface area contributed by atoms with E-state index in [-0.39, 0.29) is 5.78 Å². The van der Waals surface area contributed by atoms with Crippen LogP contribution in [-0.4, -0.2) is 5.78 Å². The zero-order valence-corrected chi connectivity index (χ0v) is 15.3. The normalized spacial score (nSPS) is 35.0. The van der Waals surface area contributed by atoms with E-state index >= 15 is 0 Å². The smallest absolute Gasteiger partial charge is 0.155 e. The standard InChI is InChI=1S/C19H29BrO/c1-4-6-15(14(2)21)8-9-17-10-11-18-16(13-20)7-5-12-19(17,18)3/h8,13,17-18H,4-7,9-12H2,1-3H3/b15-8+,16-13+. The van der Waals surface area contributed by atoms with Crippen molar-refractivity contribution in [2.75, 3.05) is 0 Å². The second kappa shape index (κ2) is 7.26. The minimum Gasteiger partial charge on any atom is -0.295 e. The van der Waals surface area contributed by atoms with Crippen LogP contribution in [0.15, 0.2) is 22.2 Å². The number of Topliss-reactive ketones (excluding diaryl/α,β-unsaturated/α-hetero) is 1. The summed E-state index contributed by atoms with van der Waals surface area (Å²) in [5.74, 6) is 1.77. The van der Waals surface area contributed by atoms with Gasteiger partial charge in [0.05, 0.1) is 0 Å². The molecule has 0 aromatic carbocycles. The molecule has 3 atom stereocenters. The van der Waals surface area contributed by atoms with Gasteiger partial charge < -0.3 is 0 Å². The van der Waals surface area contributed by atoms with Crippen LogP contribution in [0.2, 0.25) is 0 Å². The number of halogens is 1. The molecule has 118 valence electrons. The number of carbonyl (C=O) groups is 1. The Balaban J connectivity index is 2.11. The monoisotopic (exact) mass is 352 g/mol. The Hall–Kier alpha value is -0.370. The molecule has 0 heterocycles. The molecule has 0 aromatic rings. The topological polar surface area (TPSA) is 17.1 Å². The van der Waals surface area contributed by atoms with E-state index in [0.717, 1.165) is 36.7 Å². The van der Waals surface area contributed by atoms with Gasteiger partial charge in [0.2, 0.25) is 0 Å². The third-order valence-electron chi connectivity index (χ3n) is 5.92. The summed E-state index contributed by atoms with van der Waals surface area (Å²) in [5.41, 5.74) is 3.12. The quantitative estimate of drug-likeness (QED) is 0.539. The van der Waals surface area contributed by atoms with Crippen LogP contribution in [0.5, 0.6) is 0 Å². The number of ketones is 1. The summed E-state index contributed by atoms with van der Waals surface area (Å²) in [6, 6.07) is 0. The van der Waals surface area contributed by atoms with Crippen molar-refractivity contribution in [1.82, 2.24) is 0 Å². The SMILES string of the molecule is CCC/C(=C\CC1CCC2/C(=C/Br)CCCC12C)C(C)=O. The molecule has 0 N–H and O–H groups in total. The van der Waals surface area contributed by atoms with E-state index in [1.165, 1.54) is 32.1 Å². The number of allylic oxidation sites excluding steroid dienone is 3. The van der Waals surface area contributed by atoms with E-state index in [2.05, 4.69) is 40.8 Å². The number of hydrogen-bond acceptors (Lipinski definition) is 1. The van der Waals surface area contributed by atoms with Crippen LogP contribution in [0.4, 0.5) is 0 Å². The molecule has 21 heavy (non-hydrogen) atoms. The first-order valence-corrected chi connectivity index (χ1v) is 9.43. The van der Waals surface area contributed by atoms with Crippen molar-refractivity contribution in [3.63, 3.8) is 0 Å². The fourth-order valence-electron chi connectivity index (χ4n) is 4.64. The van der Waals surface area contributed by atoms with Crippen molar-refractivity contribution in [2.24, 2.45) is 17.3 Å². The molecule has 0 saturated heterocycles. The molecule has 2 aliphatic carbocycles. The van der Waals surface area contributed by atoms with Crippen molar-refractivity contribution in [1.29, 1.82) is 0 Å². The first kappa shape index (κ1) is 17.0.